The predicted octanol–water partition coefficient (Wildman–Crippen LogP) is 10.5. The van der Waals surface area contributed by atoms with Gasteiger partial charge in [0, 0.05) is 33.5 Å². The minimum Gasteiger partial charge on any atom is -0.416 e. The lowest BCUT2D eigenvalue weighted by molar-refractivity contribution is 1.18. The number of fused-ring (bicyclic) bond motifs is 3. The monoisotopic (exact) mass is 778 g/mol. The van der Waals surface area contributed by atoms with Crippen LogP contribution in [-0.4, -0.2) is 25.5 Å². The lowest BCUT2D eigenvalue weighted by Gasteiger charge is -2.57. The second-order valence-corrected chi connectivity index (χ2v) is 15.7. The van der Waals surface area contributed by atoms with Crippen LogP contribution in [0.1, 0.15) is 0 Å². The van der Waals surface area contributed by atoms with E-state index in [1.54, 1.807) is 0 Å². The van der Waals surface area contributed by atoms with E-state index in [-0.39, 0.29) is 20.9 Å². The van der Waals surface area contributed by atoms with Crippen LogP contribution in [-0.2, 0) is 0 Å². The molecule has 0 N–H and O–H groups in total. The second kappa shape index (κ2) is 15.9. The molecule has 9 aromatic carbocycles. The van der Waals surface area contributed by atoms with E-state index >= 15 is 0 Å². The number of nitrogens with zero attached hydrogens (tertiary/aromatic N) is 4. The first-order chi connectivity index (χ1) is 30.3. The molecule has 1 aliphatic rings. The molecule has 0 atom stereocenters. The molecule has 1 aromatic heterocycles. The highest BCUT2D eigenvalue weighted by atomic mass is 15.3. The Balaban J connectivity index is 1.15. The zero-order valence-electron chi connectivity index (χ0n) is 33.7. The number of aromatic nitrogens is 1. The minimum atomic E-state index is -0.236. The highest BCUT2D eigenvalue weighted by Crippen LogP contribution is 2.36. The molecule has 1 aliphatic heterocycles. The van der Waals surface area contributed by atoms with Crippen LogP contribution < -0.4 is 30.6 Å². The maximum absolute atomic E-state index is 2.63. The molecule has 2 heterocycles. The van der Waals surface area contributed by atoms with E-state index in [2.05, 4.69) is 267 Å². The first-order valence-electron chi connectivity index (χ1n) is 21.1. The van der Waals surface area contributed by atoms with Crippen molar-refractivity contribution in [2.24, 2.45) is 0 Å². The average molecular weight is 778 g/mol. The van der Waals surface area contributed by atoms with E-state index in [4.69, 9.17) is 0 Å². The summed E-state index contributed by atoms with van der Waals surface area (Å²) >= 11 is 0. The maximum atomic E-state index is 2.63. The molecule has 61 heavy (non-hydrogen) atoms. The third-order valence-electron chi connectivity index (χ3n) is 12.1. The summed E-state index contributed by atoms with van der Waals surface area (Å²) in [5.74, 6) is 0. The molecule has 1 saturated heterocycles. The van der Waals surface area contributed by atoms with Gasteiger partial charge in [0.25, 0.3) is 0 Å². The van der Waals surface area contributed by atoms with Crippen molar-refractivity contribution in [3.05, 3.63) is 249 Å². The minimum absolute atomic E-state index is 0.191. The van der Waals surface area contributed by atoms with Crippen LogP contribution in [0.4, 0.5) is 17.1 Å². The number of benzene rings is 9. The molecule has 7 heteroatoms. The van der Waals surface area contributed by atoms with Gasteiger partial charge >= 0.3 is 20.9 Å². The Hall–Kier alpha value is -7.63. The normalized spacial score (nSPS) is 13.0. The molecule has 0 aliphatic carbocycles. The molecular formula is C54H41B3N4. The highest BCUT2D eigenvalue weighted by Gasteiger charge is 2.55. The van der Waals surface area contributed by atoms with Gasteiger partial charge in [-0.1, -0.05) is 188 Å². The molecule has 0 amide bonds. The number of hydrogen-bond donors (Lipinski definition) is 0. The number of rotatable bonds is 8. The van der Waals surface area contributed by atoms with E-state index in [0.717, 1.165) is 22.7 Å². The SMILES string of the molecule is c1ccc(B2N(c3ccccc3)B(c3ccccc3)N(c3ccccc3)B(c3cccc(-c4cccc(-n5c6ccccc6c6ccccc65)c4)c3)N2c2ccccc2)cc1. The Labute approximate surface area is 358 Å². The van der Waals surface area contributed by atoms with Crippen molar-refractivity contribution in [1.82, 2.24) is 4.57 Å². The van der Waals surface area contributed by atoms with Crippen molar-refractivity contribution < 1.29 is 0 Å². The van der Waals surface area contributed by atoms with Gasteiger partial charge in [0.1, 0.15) is 0 Å². The van der Waals surface area contributed by atoms with Gasteiger partial charge in [0.05, 0.1) is 11.0 Å². The van der Waals surface area contributed by atoms with Crippen molar-refractivity contribution in [2.75, 3.05) is 14.2 Å². The van der Waals surface area contributed by atoms with Crippen molar-refractivity contribution in [3.63, 3.8) is 0 Å². The zero-order valence-corrected chi connectivity index (χ0v) is 33.7. The fourth-order valence-corrected chi connectivity index (χ4v) is 9.57. The smallest absolute Gasteiger partial charge is 0.388 e. The van der Waals surface area contributed by atoms with E-state index in [1.807, 2.05) is 0 Å². The van der Waals surface area contributed by atoms with Crippen LogP contribution in [0.3, 0.4) is 0 Å². The van der Waals surface area contributed by atoms with E-state index < -0.39 is 0 Å². The second-order valence-electron chi connectivity index (χ2n) is 15.7. The average Bonchev–Trinajstić information content (AvgIpc) is 3.69. The Morgan fingerprint density at radius 2 is 0.574 bits per heavy atom. The fraction of sp³-hybridized carbons (Fsp3) is 0. The largest absolute Gasteiger partial charge is 0.416 e. The first kappa shape index (κ1) is 36.5. The van der Waals surface area contributed by atoms with E-state index in [9.17, 15) is 0 Å². The summed E-state index contributed by atoms with van der Waals surface area (Å²) in [6.07, 6.45) is 0. The molecule has 0 unspecified atom stereocenters. The molecule has 1 fully saturated rings. The standard InChI is InChI=1S/C54H41B3N4/c1-6-24-44(25-7-1)55-59(47-29-10-3-11-30-47)56(45-26-8-2-9-27-45)61(49-33-14-5-15-34-49)57(60(55)48-31-12-4-13-32-48)46-28-20-22-42(40-46)43-23-21-35-50(41-43)58-53-38-18-16-36-51(53)52-37-17-19-39-54(52)58/h1-41H. The predicted molar refractivity (Wildman–Crippen MR) is 262 cm³/mol. The summed E-state index contributed by atoms with van der Waals surface area (Å²) in [5, 5.41) is 2.52. The van der Waals surface area contributed by atoms with Gasteiger partial charge < -0.3 is 18.7 Å². The lowest BCUT2D eigenvalue weighted by Crippen LogP contribution is -2.86. The maximum Gasteiger partial charge on any atom is 0.388 e. The van der Waals surface area contributed by atoms with Crippen LogP contribution in [0.25, 0.3) is 38.6 Å². The van der Waals surface area contributed by atoms with Gasteiger partial charge in [-0.2, -0.15) is 0 Å². The van der Waals surface area contributed by atoms with Crippen molar-refractivity contribution in [3.8, 4) is 16.8 Å². The van der Waals surface area contributed by atoms with Gasteiger partial charge in [-0.05, 0) is 88.2 Å². The van der Waals surface area contributed by atoms with Crippen LogP contribution in [0, 0.1) is 0 Å². The number of hydrogen-bond acceptors (Lipinski definition) is 3. The van der Waals surface area contributed by atoms with Gasteiger partial charge in [0.15, 0.2) is 0 Å². The summed E-state index contributed by atoms with van der Waals surface area (Å²) in [6, 6.07) is 90.6. The molecule has 11 rings (SSSR count). The fourth-order valence-electron chi connectivity index (χ4n) is 9.57. The quantitative estimate of drug-likeness (QED) is 0.143. The first-order valence-corrected chi connectivity index (χ1v) is 21.1. The Kier molecular flexibility index (Phi) is 9.48. The summed E-state index contributed by atoms with van der Waals surface area (Å²) in [6.45, 7) is -0.618. The topological polar surface area (TPSA) is 14.7 Å². The number of para-hydroxylation sites is 5. The summed E-state index contributed by atoms with van der Waals surface area (Å²) in [5.41, 5.74) is 12.9. The third kappa shape index (κ3) is 6.56. The Bertz CT molecular complexity index is 2930. The third-order valence-corrected chi connectivity index (χ3v) is 12.1. The molecule has 10 aromatic rings. The summed E-state index contributed by atoms with van der Waals surface area (Å²) in [7, 11) is 0. The molecule has 286 valence electrons. The summed E-state index contributed by atoms with van der Waals surface area (Å²) < 4.78 is 10.3. The van der Waals surface area contributed by atoms with Gasteiger partial charge in [-0.25, -0.2) is 0 Å². The Morgan fingerprint density at radius 3 is 1.03 bits per heavy atom. The zero-order chi connectivity index (χ0) is 40.5. The molecule has 4 nitrogen and oxygen atoms in total. The summed E-state index contributed by atoms with van der Waals surface area (Å²) in [4.78, 5) is 0. The van der Waals surface area contributed by atoms with Crippen molar-refractivity contribution in [1.29, 1.82) is 0 Å². The lowest BCUT2D eigenvalue weighted by atomic mass is 9.37. The van der Waals surface area contributed by atoms with Crippen LogP contribution in [0.15, 0.2) is 249 Å². The van der Waals surface area contributed by atoms with Crippen LogP contribution in [0.2, 0.25) is 0 Å². The van der Waals surface area contributed by atoms with Crippen LogP contribution in [0.5, 0.6) is 0 Å². The molecular weight excluding hydrogens is 737 g/mol. The Morgan fingerprint density at radius 1 is 0.246 bits per heavy atom. The molecule has 0 saturated carbocycles. The van der Waals surface area contributed by atoms with E-state index in [1.165, 1.54) is 49.3 Å². The molecule has 0 spiro atoms. The molecule has 0 bridgehead atoms. The van der Waals surface area contributed by atoms with Crippen LogP contribution >= 0.6 is 0 Å². The van der Waals surface area contributed by atoms with Crippen molar-refractivity contribution in [2.45, 2.75) is 0 Å². The van der Waals surface area contributed by atoms with Gasteiger partial charge in [-0.3, -0.25) is 0 Å². The highest BCUT2D eigenvalue weighted by molar-refractivity contribution is 7.14. The molecule has 0 radical (unpaired) electrons. The van der Waals surface area contributed by atoms with E-state index in [0.29, 0.717) is 0 Å². The van der Waals surface area contributed by atoms with Crippen molar-refractivity contribution >= 4 is 76.2 Å². The number of anilines is 3. The van der Waals surface area contributed by atoms with Gasteiger partial charge in [0.2, 0.25) is 0 Å². The van der Waals surface area contributed by atoms with Gasteiger partial charge in [-0.15, -0.1) is 0 Å².